The molecule has 0 atom stereocenters. The number of amides is 2. The highest BCUT2D eigenvalue weighted by molar-refractivity contribution is 6.33. The number of methoxy groups -OCH3 is 1. The van der Waals surface area contributed by atoms with Crippen LogP contribution in [0.15, 0.2) is 71.3 Å². The van der Waals surface area contributed by atoms with Crippen LogP contribution in [-0.4, -0.2) is 23.8 Å². The average Bonchev–Trinajstić information content (AvgIpc) is 3.22. The van der Waals surface area contributed by atoms with Gasteiger partial charge < -0.3 is 9.15 Å². The number of hydrogen-bond donors (Lipinski definition) is 0. The highest BCUT2D eigenvalue weighted by Gasteiger charge is 2.34. The Kier molecular flexibility index (Phi) is 4.34. The van der Waals surface area contributed by atoms with Crippen molar-refractivity contribution < 1.29 is 18.7 Å². The van der Waals surface area contributed by atoms with Crippen molar-refractivity contribution in [2.24, 2.45) is 0 Å². The molecule has 0 spiro atoms. The largest absolute Gasteiger partial charge is 0.497 e. The summed E-state index contributed by atoms with van der Waals surface area (Å²) in [5.41, 5.74) is 2.40. The number of carbonyl (C=O) groups excluding carboxylic acids is 2. The number of benzene rings is 2. The van der Waals surface area contributed by atoms with Crippen molar-refractivity contribution in [3.05, 3.63) is 89.4 Å². The zero-order valence-electron chi connectivity index (χ0n) is 14.7. The van der Waals surface area contributed by atoms with Crippen LogP contribution in [0.3, 0.4) is 0 Å². The van der Waals surface area contributed by atoms with Crippen molar-refractivity contribution in [1.29, 1.82) is 0 Å². The molecule has 0 saturated heterocycles. The van der Waals surface area contributed by atoms with Gasteiger partial charge in [0, 0.05) is 11.1 Å². The van der Waals surface area contributed by atoms with Gasteiger partial charge in [0.05, 0.1) is 25.5 Å². The Hall–Kier alpha value is -3.60. The summed E-state index contributed by atoms with van der Waals surface area (Å²) in [6, 6.07) is 18.0. The number of ether oxygens (including phenoxy) is 1. The van der Waals surface area contributed by atoms with Crippen molar-refractivity contribution in [1.82, 2.24) is 4.90 Å². The van der Waals surface area contributed by atoms with E-state index in [1.54, 1.807) is 49.8 Å². The van der Waals surface area contributed by atoms with E-state index in [2.05, 4.69) is 0 Å². The van der Waals surface area contributed by atoms with Crippen LogP contribution in [0.5, 0.6) is 5.75 Å². The van der Waals surface area contributed by atoms with Crippen molar-refractivity contribution in [2.45, 2.75) is 6.54 Å². The fourth-order valence-corrected chi connectivity index (χ4v) is 3.11. The first-order valence-corrected chi connectivity index (χ1v) is 8.51. The van der Waals surface area contributed by atoms with E-state index in [9.17, 15) is 9.59 Å². The van der Waals surface area contributed by atoms with Crippen molar-refractivity contribution in [2.75, 3.05) is 7.11 Å². The maximum atomic E-state index is 13.1. The van der Waals surface area contributed by atoms with Gasteiger partial charge >= 0.3 is 0 Å². The van der Waals surface area contributed by atoms with Crippen LogP contribution in [0, 0.1) is 0 Å². The number of rotatable bonds is 4. The van der Waals surface area contributed by atoms with Crippen LogP contribution in [-0.2, 0) is 11.3 Å². The van der Waals surface area contributed by atoms with E-state index < -0.39 is 0 Å². The number of nitrogens with zero attached hydrogens (tertiary/aromatic N) is 1. The normalized spacial score (nSPS) is 15.1. The maximum Gasteiger partial charge on any atom is 0.261 e. The van der Waals surface area contributed by atoms with Crippen LogP contribution in [0.25, 0.3) is 11.6 Å². The second-order valence-electron chi connectivity index (χ2n) is 6.16. The van der Waals surface area contributed by atoms with Gasteiger partial charge in [0.15, 0.2) is 0 Å². The molecule has 0 aliphatic carbocycles. The Balaban J connectivity index is 1.74. The molecular weight excluding hydrogens is 342 g/mol. The highest BCUT2D eigenvalue weighted by atomic mass is 16.5. The van der Waals surface area contributed by atoms with Gasteiger partial charge in [-0.25, -0.2) is 0 Å². The molecule has 134 valence electrons. The molecule has 27 heavy (non-hydrogen) atoms. The lowest BCUT2D eigenvalue weighted by atomic mass is 9.92. The van der Waals surface area contributed by atoms with Crippen molar-refractivity contribution in [3.8, 4) is 5.75 Å². The fourth-order valence-electron chi connectivity index (χ4n) is 3.11. The minimum atomic E-state index is -0.342. The number of furan rings is 1. The van der Waals surface area contributed by atoms with Gasteiger partial charge in [-0.15, -0.1) is 0 Å². The molecule has 0 N–H and O–H groups in total. The maximum absolute atomic E-state index is 13.1. The molecule has 2 amide bonds. The lowest BCUT2D eigenvalue weighted by Gasteiger charge is -2.28. The Morgan fingerprint density at radius 1 is 0.926 bits per heavy atom. The van der Waals surface area contributed by atoms with Gasteiger partial charge in [-0.05, 0) is 42.0 Å². The van der Waals surface area contributed by atoms with Gasteiger partial charge in [-0.1, -0.05) is 30.3 Å². The van der Waals surface area contributed by atoms with E-state index in [0.29, 0.717) is 22.5 Å². The SMILES string of the molecule is COc1ccc(CN2C(=O)/C(=C/c3ccco3)c3ccccc3C2=O)cc1. The molecule has 2 heterocycles. The van der Waals surface area contributed by atoms with Gasteiger partial charge in [-0.2, -0.15) is 0 Å². The minimum Gasteiger partial charge on any atom is -0.497 e. The number of carbonyl (C=O) groups is 2. The summed E-state index contributed by atoms with van der Waals surface area (Å²) in [7, 11) is 1.59. The Bertz CT molecular complexity index is 1020. The monoisotopic (exact) mass is 359 g/mol. The number of imide groups is 1. The summed E-state index contributed by atoms with van der Waals surface area (Å²) < 4.78 is 10.5. The zero-order valence-corrected chi connectivity index (χ0v) is 14.7. The molecule has 2 aromatic carbocycles. The first-order chi connectivity index (χ1) is 13.2. The van der Waals surface area contributed by atoms with Crippen molar-refractivity contribution >= 4 is 23.5 Å². The van der Waals surface area contributed by atoms with E-state index in [1.807, 2.05) is 30.3 Å². The third-order valence-corrected chi connectivity index (χ3v) is 4.50. The lowest BCUT2D eigenvalue weighted by Crippen LogP contribution is -2.41. The fraction of sp³-hybridized carbons (Fsp3) is 0.0909. The Labute approximate surface area is 156 Å². The van der Waals surface area contributed by atoms with E-state index in [1.165, 1.54) is 4.90 Å². The topological polar surface area (TPSA) is 59.8 Å². The molecule has 1 aromatic heterocycles. The van der Waals surface area contributed by atoms with Gasteiger partial charge in [0.2, 0.25) is 0 Å². The van der Waals surface area contributed by atoms with Crippen LogP contribution in [0.2, 0.25) is 0 Å². The third-order valence-electron chi connectivity index (χ3n) is 4.50. The molecule has 1 aliphatic rings. The first kappa shape index (κ1) is 16.8. The zero-order chi connectivity index (χ0) is 18.8. The van der Waals surface area contributed by atoms with Gasteiger partial charge in [-0.3, -0.25) is 14.5 Å². The predicted molar refractivity (Wildman–Crippen MR) is 101 cm³/mol. The summed E-state index contributed by atoms with van der Waals surface area (Å²) in [6.45, 7) is 0.186. The van der Waals surface area contributed by atoms with Gasteiger partial charge in [0.25, 0.3) is 11.8 Å². The minimum absolute atomic E-state index is 0.186. The molecule has 0 unspecified atom stereocenters. The Morgan fingerprint density at radius 2 is 1.67 bits per heavy atom. The van der Waals surface area contributed by atoms with E-state index in [0.717, 1.165) is 11.3 Å². The molecular formula is C22H17NO4. The summed E-state index contributed by atoms with van der Waals surface area (Å²) in [4.78, 5) is 27.3. The Morgan fingerprint density at radius 3 is 2.33 bits per heavy atom. The first-order valence-electron chi connectivity index (χ1n) is 8.51. The second kappa shape index (κ2) is 6.96. The third kappa shape index (κ3) is 3.15. The summed E-state index contributed by atoms with van der Waals surface area (Å²) >= 11 is 0. The van der Waals surface area contributed by atoms with E-state index in [4.69, 9.17) is 9.15 Å². The van der Waals surface area contributed by atoms with E-state index in [-0.39, 0.29) is 18.4 Å². The molecule has 0 saturated carbocycles. The lowest BCUT2D eigenvalue weighted by molar-refractivity contribution is -0.123. The average molecular weight is 359 g/mol. The molecule has 1 aliphatic heterocycles. The van der Waals surface area contributed by atoms with Gasteiger partial charge in [0.1, 0.15) is 11.5 Å². The summed E-state index contributed by atoms with van der Waals surface area (Å²) in [5.74, 6) is 0.639. The molecule has 4 rings (SSSR count). The van der Waals surface area contributed by atoms with E-state index >= 15 is 0 Å². The predicted octanol–water partition coefficient (Wildman–Crippen LogP) is 4.01. The van der Waals surface area contributed by atoms with Crippen LogP contribution in [0.1, 0.15) is 27.2 Å². The molecule has 0 bridgehead atoms. The molecule has 5 nitrogen and oxygen atoms in total. The molecule has 5 heteroatoms. The standard InChI is InChI=1S/C22H17NO4/c1-26-16-10-8-15(9-11-16)14-23-21(24)19-7-3-2-6-18(19)20(22(23)25)13-17-5-4-12-27-17/h2-13H,14H2,1H3/b20-13+. The highest BCUT2D eigenvalue weighted by Crippen LogP contribution is 2.31. The molecule has 0 fully saturated rings. The smallest absolute Gasteiger partial charge is 0.261 e. The van der Waals surface area contributed by atoms with Crippen LogP contribution < -0.4 is 4.74 Å². The van der Waals surface area contributed by atoms with Crippen molar-refractivity contribution in [3.63, 3.8) is 0 Å². The molecule has 0 radical (unpaired) electrons. The second-order valence-corrected chi connectivity index (χ2v) is 6.16. The molecule has 3 aromatic rings. The summed E-state index contributed by atoms with van der Waals surface area (Å²) in [5, 5.41) is 0. The quantitative estimate of drug-likeness (QED) is 0.522. The van der Waals surface area contributed by atoms with Crippen LogP contribution in [0.4, 0.5) is 0 Å². The summed E-state index contributed by atoms with van der Waals surface area (Å²) in [6.07, 6.45) is 3.22. The van der Waals surface area contributed by atoms with Crippen LogP contribution >= 0.6 is 0 Å². The number of fused-ring (bicyclic) bond motifs is 1. The number of hydrogen-bond acceptors (Lipinski definition) is 4.